The molecule has 6 heteroatoms. The molecule has 0 bridgehead atoms. The highest BCUT2D eigenvalue weighted by Crippen LogP contribution is 2.32. The van der Waals surface area contributed by atoms with Crippen LogP contribution < -0.4 is 9.04 Å². The van der Waals surface area contributed by atoms with Crippen LogP contribution in [0.4, 0.5) is 11.4 Å². The van der Waals surface area contributed by atoms with Crippen molar-refractivity contribution in [2.75, 3.05) is 17.5 Å². The van der Waals surface area contributed by atoms with Crippen molar-refractivity contribution in [3.05, 3.63) is 90.0 Å². The molecular formula is C23H23NO4S. The molecule has 0 spiro atoms. The van der Waals surface area contributed by atoms with E-state index in [2.05, 4.69) is 0 Å². The fourth-order valence-electron chi connectivity index (χ4n) is 3.14. The molecule has 1 unspecified atom stereocenters. The van der Waals surface area contributed by atoms with Crippen LogP contribution in [0, 0.1) is 6.92 Å². The van der Waals surface area contributed by atoms with Gasteiger partial charge in [-0.3, -0.25) is 0 Å². The van der Waals surface area contributed by atoms with Crippen molar-refractivity contribution in [3.8, 4) is 5.75 Å². The maximum absolute atomic E-state index is 13.4. The molecule has 1 saturated heterocycles. The summed E-state index contributed by atoms with van der Waals surface area (Å²) in [4.78, 5) is 0. The molecule has 4 rings (SSSR count). The molecule has 1 aliphatic rings. The average Bonchev–Trinajstić information content (AvgIpc) is 3.52. The van der Waals surface area contributed by atoms with Crippen LogP contribution in [0.1, 0.15) is 11.1 Å². The van der Waals surface area contributed by atoms with Gasteiger partial charge in [0.15, 0.2) is 0 Å². The summed E-state index contributed by atoms with van der Waals surface area (Å²) in [7, 11) is -3.65. The van der Waals surface area contributed by atoms with Crippen LogP contribution >= 0.6 is 0 Å². The van der Waals surface area contributed by atoms with Gasteiger partial charge in [0.2, 0.25) is 10.0 Å². The van der Waals surface area contributed by atoms with Gasteiger partial charge in [-0.05, 0) is 48.9 Å². The second-order valence-corrected chi connectivity index (χ2v) is 8.92. The zero-order valence-electron chi connectivity index (χ0n) is 16.2. The van der Waals surface area contributed by atoms with E-state index in [1.807, 2.05) is 49.4 Å². The summed E-state index contributed by atoms with van der Waals surface area (Å²) < 4.78 is 39.0. The summed E-state index contributed by atoms with van der Waals surface area (Å²) >= 11 is 0. The van der Waals surface area contributed by atoms with Crippen LogP contribution in [0.2, 0.25) is 0 Å². The highest BCUT2D eigenvalue weighted by molar-refractivity contribution is 7.92. The van der Waals surface area contributed by atoms with Crippen LogP contribution in [0.5, 0.6) is 5.75 Å². The molecule has 0 radical (unpaired) electrons. The summed E-state index contributed by atoms with van der Waals surface area (Å²) in [6.07, 6.45) is 0.171. The van der Waals surface area contributed by atoms with Gasteiger partial charge in [0.1, 0.15) is 18.5 Å². The third-order valence-corrected chi connectivity index (χ3v) is 6.29. The number of aryl methyl sites for hydroxylation is 1. The predicted octanol–water partition coefficient (Wildman–Crippen LogP) is 4.44. The zero-order chi connectivity index (χ0) is 20.3. The van der Waals surface area contributed by atoms with E-state index >= 15 is 0 Å². The van der Waals surface area contributed by atoms with Gasteiger partial charge in [-0.1, -0.05) is 48.0 Å². The van der Waals surface area contributed by atoms with Crippen LogP contribution in [0.15, 0.2) is 78.9 Å². The molecule has 0 amide bonds. The number of epoxide rings is 1. The van der Waals surface area contributed by atoms with Crippen LogP contribution in [0.3, 0.4) is 0 Å². The molecule has 5 nitrogen and oxygen atoms in total. The van der Waals surface area contributed by atoms with Crippen molar-refractivity contribution >= 4 is 21.4 Å². The van der Waals surface area contributed by atoms with E-state index in [9.17, 15) is 8.42 Å². The largest absolute Gasteiger partial charge is 0.491 e. The Bertz CT molecular complexity index is 1060. The standard InChI is InChI=1S/C23H23NO4S/c1-18-6-5-7-19(14-18)17-29(25,26)24(20-8-3-2-4-9-20)21-10-12-22(13-11-21)27-15-23-16-28-23/h2-14,23H,15-17H2,1H3. The van der Waals surface area contributed by atoms with Gasteiger partial charge < -0.3 is 9.47 Å². The van der Waals surface area contributed by atoms with Crippen LogP contribution in [-0.2, 0) is 20.5 Å². The third kappa shape index (κ3) is 4.96. The molecule has 0 aromatic heterocycles. The lowest BCUT2D eigenvalue weighted by Gasteiger charge is -2.25. The van der Waals surface area contributed by atoms with Gasteiger partial charge in [-0.2, -0.15) is 0 Å². The monoisotopic (exact) mass is 409 g/mol. The van der Waals surface area contributed by atoms with E-state index in [1.165, 1.54) is 4.31 Å². The van der Waals surface area contributed by atoms with Crippen LogP contribution in [-0.4, -0.2) is 27.7 Å². The van der Waals surface area contributed by atoms with Crippen molar-refractivity contribution in [3.63, 3.8) is 0 Å². The Morgan fingerprint density at radius 1 is 0.966 bits per heavy atom. The Morgan fingerprint density at radius 2 is 1.66 bits per heavy atom. The molecule has 0 N–H and O–H groups in total. The number of rotatable bonds is 8. The second kappa shape index (κ2) is 8.27. The van der Waals surface area contributed by atoms with E-state index in [0.717, 1.165) is 17.7 Å². The molecule has 0 saturated carbocycles. The van der Waals surface area contributed by atoms with Crippen LogP contribution in [0.25, 0.3) is 0 Å². The predicted molar refractivity (Wildman–Crippen MR) is 114 cm³/mol. The van der Waals surface area contributed by atoms with Gasteiger partial charge in [0.05, 0.1) is 23.7 Å². The van der Waals surface area contributed by atoms with Crippen molar-refractivity contribution in [1.29, 1.82) is 0 Å². The highest BCUT2D eigenvalue weighted by Gasteiger charge is 2.26. The number of hydrogen-bond acceptors (Lipinski definition) is 4. The lowest BCUT2D eigenvalue weighted by molar-refractivity contribution is 0.263. The lowest BCUT2D eigenvalue weighted by Crippen LogP contribution is -2.27. The number of nitrogens with zero attached hydrogens (tertiary/aromatic N) is 1. The molecule has 1 atom stereocenters. The van der Waals surface area contributed by atoms with Gasteiger partial charge in [0.25, 0.3) is 0 Å². The highest BCUT2D eigenvalue weighted by atomic mass is 32.2. The van der Waals surface area contributed by atoms with E-state index in [0.29, 0.717) is 23.7 Å². The van der Waals surface area contributed by atoms with Gasteiger partial charge >= 0.3 is 0 Å². The van der Waals surface area contributed by atoms with E-state index < -0.39 is 10.0 Å². The zero-order valence-corrected chi connectivity index (χ0v) is 17.0. The van der Waals surface area contributed by atoms with Crippen molar-refractivity contribution in [2.24, 2.45) is 0 Å². The maximum atomic E-state index is 13.4. The van der Waals surface area contributed by atoms with Crippen molar-refractivity contribution in [2.45, 2.75) is 18.8 Å². The Hall–Kier alpha value is -2.83. The van der Waals surface area contributed by atoms with E-state index in [1.54, 1.807) is 36.4 Å². The quantitative estimate of drug-likeness (QED) is 0.516. The molecule has 1 fully saturated rings. The smallest absolute Gasteiger partial charge is 0.243 e. The van der Waals surface area contributed by atoms with Gasteiger partial charge in [0, 0.05) is 0 Å². The topological polar surface area (TPSA) is 59.1 Å². The second-order valence-electron chi connectivity index (χ2n) is 7.11. The fraction of sp³-hybridized carbons (Fsp3) is 0.217. The number of hydrogen-bond donors (Lipinski definition) is 0. The van der Waals surface area contributed by atoms with Crippen molar-refractivity contribution < 1.29 is 17.9 Å². The lowest BCUT2D eigenvalue weighted by atomic mass is 10.2. The number of anilines is 2. The van der Waals surface area contributed by atoms with Gasteiger partial charge in [-0.15, -0.1) is 0 Å². The first-order valence-corrected chi connectivity index (χ1v) is 11.1. The minimum atomic E-state index is -3.65. The molecule has 0 aliphatic carbocycles. The third-order valence-electron chi connectivity index (χ3n) is 4.61. The van der Waals surface area contributed by atoms with Gasteiger partial charge in [-0.25, -0.2) is 12.7 Å². The molecule has 1 aliphatic heterocycles. The summed E-state index contributed by atoms with van der Waals surface area (Å²) in [6.45, 7) is 3.20. The molecule has 1 heterocycles. The normalized spacial score (nSPS) is 15.7. The summed E-state index contributed by atoms with van der Waals surface area (Å²) in [5.41, 5.74) is 2.96. The minimum absolute atomic E-state index is 0.0825. The molecule has 3 aromatic carbocycles. The number of benzene rings is 3. The summed E-state index contributed by atoms with van der Waals surface area (Å²) in [5.74, 6) is 0.606. The minimum Gasteiger partial charge on any atom is -0.491 e. The maximum Gasteiger partial charge on any atom is 0.243 e. The molecule has 150 valence electrons. The molecule has 29 heavy (non-hydrogen) atoms. The Morgan fingerprint density at radius 3 is 2.31 bits per heavy atom. The molecular weight excluding hydrogens is 386 g/mol. The summed E-state index contributed by atoms with van der Waals surface area (Å²) in [5, 5.41) is 0. The first-order valence-electron chi connectivity index (χ1n) is 9.49. The first-order chi connectivity index (χ1) is 14.0. The average molecular weight is 410 g/mol. The molecule has 3 aromatic rings. The Balaban J connectivity index is 1.64. The van der Waals surface area contributed by atoms with E-state index in [4.69, 9.17) is 9.47 Å². The number of para-hydroxylation sites is 1. The number of sulfonamides is 1. The number of ether oxygens (including phenoxy) is 2. The first kappa shape index (κ1) is 19.5. The van der Waals surface area contributed by atoms with E-state index in [-0.39, 0.29) is 11.9 Å². The van der Waals surface area contributed by atoms with Crippen molar-refractivity contribution in [1.82, 2.24) is 0 Å². The summed E-state index contributed by atoms with van der Waals surface area (Å²) in [6, 6.07) is 23.8. The Kier molecular flexibility index (Phi) is 5.56. The Labute approximate surface area is 171 Å². The fourth-order valence-corrected chi connectivity index (χ4v) is 4.76. The SMILES string of the molecule is Cc1cccc(CS(=O)(=O)N(c2ccccc2)c2ccc(OCC3CO3)cc2)c1.